The lowest BCUT2D eigenvalue weighted by Gasteiger charge is -2.29. The van der Waals surface area contributed by atoms with Gasteiger partial charge in [0.15, 0.2) is 5.78 Å². The van der Waals surface area contributed by atoms with Crippen molar-refractivity contribution in [1.29, 1.82) is 0 Å². The maximum absolute atomic E-state index is 12.8. The third-order valence-corrected chi connectivity index (χ3v) is 4.80. The van der Waals surface area contributed by atoms with Crippen LogP contribution in [0.3, 0.4) is 0 Å². The lowest BCUT2D eigenvalue weighted by molar-refractivity contribution is -0.151. The average Bonchev–Trinajstić information content (AvgIpc) is 2.68. The smallest absolute Gasteiger partial charge is 0.317 e. The van der Waals surface area contributed by atoms with Gasteiger partial charge in [0, 0.05) is 11.5 Å². The number of phenolic OH excluding ortho intramolecular Hbond substituents is 1. The van der Waals surface area contributed by atoms with E-state index in [4.69, 9.17) is 9.47 Å². The van der Waals surface area contributed by atoms with Crippen LogP contribution in [-0.4, -0.2) is 30.6 Å². The largest absolute Gasteiger partial charge is 0.507 e. The number of para-hydroxylation sites is 1. The average molecular weight is 366 g/mol. The number of phenols is 1. The number of carbonyl (C=O) groups is 2. The molecule has 5 heteroatoms. The standard InChI is InChI=1S/C22H22O5/c1-3-27-22(25)21-18(14-8-10-16(26-2)11-9-14)12-15(13-20(21)24)17-6-4-5-7-19(17)23/h4-11,13,18,21,23H,3,12H2,1-2H3/t18-,21-/m0/s1. The van der Waals surface area contributed by atoms with Crippen molar-refractivity contribution in [1.82, 2.24) is 0 Å². The van der Waals surface area contributed by atoms with Crippen molar-refractivity contribution in [3.8, 4) is 11.5 Å². The summed E-state index contributed by atoms with van der Waals surface area (Å²) >= 11 is 0. The molecule has 1 aliphatic carbocycles. The Morgan fingerprint density at radius 3 is 2.48 bits per heavy atom. The van der Waals surface area contributed by atoms with E-state index in [1.54, 1.807) is 50.4 Å². The first-order chi connectivity index (χ1) is 13.0. The predicted molar refractivity (Wildman–Crippen MR) is 102 cm³/mol. The summed E-state index contributed by atoms with van der Waals surface area (Å²) in [6, 6.07) is 14.2. The first-order valence-corrected chi connectivity index (χ1v) is 8.88. The van der Waals surface area contributed by atoms with Gasteiger partial charge in [0.25, 0.3) is 0 Å². The third-order valence-electron chi connectivity index (χ3n) is 4.80. The summed E-state index contributed by atoms with van der Waals surface area (Å²) < 4.78 is 10.3. The van der Waals surface area contributed by atoms with Crippen LogP contribution in [-0.2, 0) is 14.3 Å². The second-order valence-electron chi connectivity index (χ2n) is 6.40. The SMILES string of the molecule is CCOC(=O)[C@@H]1C(=O)C=C(c2ccccc2O)C[C@H]1c1ccc(OC)cc1. The van der Waals surface area contributed by atoms with Crippen molar-refractivity contribution in [3.63, 3.8) is 0 Å². The molecule has 0 saturated carbocycles. The Morgan fingerprint density at radius 1 is 1.15 bits per heavy atom. The van der Waals surface area contributed by atoms with Crippen LogP contribution in [0.25, 0.3) is 5.57 Å². The van der Waals surface area contributed by atoms with Gasteiger partial charge >= 0.3 is 5.97 Å². The Hall–Kier alpha value is -3.08. The number of methoxy groups -OCH3 is 1. The number of benzene rings is 2. The van der Waals surface area contributed by atoms with Crippen LogP contribution < -0.4 is 4.74 Å². The molecule has 2 atom stereocenters. The first-order valence-electron chi connectivity index (χ1n) is 8.88. The maximum Gasteiger partial charge on any atom is 0.317 e. The molecule has 0 radical (unpaired) electrons. The van der Waals surface area contributed by atoms with Gasteiger partial charge in [0.1, 0.15) is 17.4 Å². The number of hydrogen-bond donors (Lipinski definition) is 1. The zero-order valence-corrected chi connectivity index (χ0v) is 15.3. The minimum absolute atomic E-state index is 0.111. The van der Waals surface area contributed by atoms with Crippen LogP contribution in [0.15, 0.2) is 54.6 Å². The first kappa shape index (κ1) is 18.7. The fourth-order valence-electron chi connectivity index (χ4n) is 3.48. The molecule has 5 nitrogen and oxygen atoms in total. The number of aromatic hydroxyl groups is 1. The van der Waals surface area contributed by atoms with Crippen molar-refractivity contribution < 1.29 is 24.2 Å². The Morgan fingerprint density at radius 2 is 1.85 bits per heavy atom. The molecule has 0 saturated heterocycles. The second kappa shape index (κ2) is 8.08. The molecule has 0 unspecified atom stereocenters. The highest BCUT2D eigenvalue weighted by molar-refractivity contribution is 6.11. The summed E-state index contributed by atoms with van der Waals surface area (Å²) in [5, 5.41) is 10.2. The van der Waals surface area contributed by atoms with E-state index in [2.05, 4.69) is 0 Å². The Labute approximate surface area is 158 Å². The summed E-state index contributed by atoms with van der Waals surface area (Å²) in [5.41, 5.74) is 2.16. The minimum Gasteiger partial charge on any atom is -0.507 e. The van der Waals surface area contributed by atoms with E-state index < -0.39 is 11.9 Å². The summed E-state index contributed by atoms with van der Waals surface area (Å²) in [6.07, 6.45) is 1.90. The fraction of sp³-hybridized carbons (Fsp3) is 0.273. The zero-order valence-electron chi connectivity index (χ0n) is 15.3. The van der Waals surface area contributed by atoms with Gasteiger partial charge in [-0.05, 0) is 48.8 Å². The van der Waals surface area contributed by atoms with Crippen LogP contribution in [0.5, 0.6) is 11.5 Å². The Bertz CT molecular complexity index is 867. The van der Waals surface area contributed by atoms with Crippen molar-refractivity contribution in [2.24, 2.45) is 5.92 Å². The molecule has 2 aromatic rings. The molecule has 1 N–H and O–H groups in total. The van der Waals surface area contributed by atoms with E-state index in [0.29, 0.717) is 23.3 Å². The molecular formula is C22H22O5. The molecule has 0 heterocycles. The summed E-state index contributed by atoms with van der Waals surface area (Å²) in [6.45, 7) is 1.94. The van der Waals surface area contributed by atoms with E-state index in [1.807, 2.05) is 12.1 Å². The Kier molecular flexibility index (Phi) is 5.60. The predicted octanol–water partition coefficient (Wildman–Crippen LogP) is 3.72. The molecule has 0 aliphatic heterocycles. The highest BCUT2D eigenvalue weighted by Gasteiger charge is 2.40. The van der Waals surface area contributed by atoms with Gasteiger partial charge in [0.2, 0.25) is 0 Å². The highest BCUT2D eigenvalue weighted by atomic mass is 16.5. The maximum atomic E-state index is 12.8. The lowest BCUT2D eigenvalue weighted by atomic mass is 9.73. The van der Waals surface area contributed by atoms with Gasteiger partial charge in [-0.15, -0.1) is 0 Å². The van der Waals surface area contributed by atoms with E-state index in [9.17, 15) is 14.7 Å². The molecule has 0 spiro atoms. The van der Waals surface area contributed by atoms with E-state index in [1.165, 1.54) is 6.08 Å². The number of carbonyl (C=O) groups excluding carboxylic acids is 2. The van der Waals surface area contributed by atoms with E-state index >= 15 is 0 Å². The Balaban J connectivity index is 2.03. The van der Waals surface area contributed by atoms with Gasteiger partial charge < -0.3 is 14.6 Å². The number of ketones is 1. The monoisotopic (exact) mass is 366 g/mol. The summed E-state index contributed by atoms with van der Waals surface area (Å²) in [7, 11) is 1.58. The number of esters is 1. The number of ether oxygens (including phenoxy) is 2. The van der Waals surface area contributed by atoms with Gasteiger partial charge in [-0.3, -0.25) is 9.59 Å². The zero-order chi connectivity index (χ0) is 19.4. The van der Waals surface area contributed by atoms with E-state index in [-0.39, 0.29) is 24.1 Å². The minimum atomic E-state index is -0.895. The van der Waals surface area contributed by atoms with Crippen molar-refractivity contribution >= 4 is 17.3 Å². The van der Waals surface area contributed by atoms with Gasteiger partial charge in [-0.1, -0.05) is 30.3 Å². The molecule has 0 bridgehead atoms. The van der Waals surface area contributed by atoms with Crippen molar-refractivity contribution in [3.05, 3.63) is 65.7 Å². The molecule has 1 aliphatic rings. The van der Waals surface area contributed by atoms with Crippen LogP contribution in [0.1, 0.15) is 30.4 Å². The van der Waals surface area contributed by atoms with Gasteiger partial charge in [-0.25, -0.2) is 0 Å². The lowest BCUT2D eigenvalue weighted by Crippen LogP contribution is -2.34. The summed E-state index contributed by atoms with van der Waals surface area (Å²) in [4.78, 5) is 25.3. The third kappa shape index (κ3) is 3.87. The van der Waals surface area contributed by atoms with Crippen molar-refractivity contribution in [2.75, 3.05) is 13.7 Å². The fourth-order valence-corrected chi connectivity index (χ4v) is 3.48. The number of allylic oxidation sites excluding steroid dienone is 2. The van der Waals surface area contributed by atoms with Crippen LogP contribution in [0, 0.1) is 5.92 Å². The molecule has 3 rings (SSSR count). The van der Waals surface area contributed by atoms with Gasteiger partial charge in [-0.2, -0.15) is 0 Å². The normalized spacial score (nSPS) is 19.3. The molecule has 2 aromatic carbocycles. The van der Waals surface area contributed by atoms with Crippen LogP contribution in [0.4, 0.5) is 0 Å². The topological polar surface area (TPSA) is 72.8 Å². The number of hydrogen-bond acceptors (Lipinski definition) is 5. The highest BCUT2D eigenvalue weighted by Crippen LogP contribution is 2.42. The number of rotatable bonds is 5. The van der Waals surface area contributed by atoms with E-state index in [0.717, 1.165) is 5.56 Å². The molecule has 0 fully saturated rings. The quantitative estimate of drug-likeness (QED) is 0.645. The van der Waals surface area contributed by atoms with Crippen LogP contribution >= 0.6 is 0 Å². The summed E-state index contributed by atoms with van der Waals surface area (Å²) in [5.74, 6) is -1.28. The molecule has 0 aromatic heterocycles. The molecular weight excluding hydrogens is 344 g/mol. The second-order valence-corrected chi connectivity index (χ2v) is 6.40. The molecule has 27 heavy (non-hydrogen) atoms. The molecule has 140 valence electrons. The van der Waals surface area contributed by atoms with Crippen LogP contribution in [0.2, 0.25) is 0 Å². The molecule has 0 amide bonds. The van der Waals surface area contributed by atoms with Gasteiger partial charge in [0.05, 0.1) is 13.7 Å². The van der Waals surface area contributed by atoms with Crippen molar-refractivity contribution in [2.45, 2.75) is 19.3 Å².